The van der Waals surface area contributed by atoms with Crippen molar-refractivity contribution in [2.24, 2.45) is 5.73 Å². The van der Waals surface area contributed by atoms with Crippen molar-refractivity contribution in [1.29, 1.82) is 0 Å². The molecule has 2 aromatic rings. The Morgan fingerprint density at radius 1 is 1.42 bits per heavy atom. The fourth-order valence-corrected chi connectivity index (χ4v) is 3.67. The van der Waals surface area contributed by atoms with Gasteiger partial charge in [0.15, 0.2) is 0 Å². The van der Waals surface area contributed by atoms with Gasteiger partial charge in [0.25, 0.3) is 5.91 Å². The zero-order chi connectivity index (χ0) is 16.9. The van der Waals surface area contributed by atoms with Crippen molar-refractivity contribution in [2.45, 2.75) is 18.9 Å². The summed E-state index contributed by atoms with van der Waals surface area (Å²) in [6, 6.07) is 4.87. The number of thiophene rings is 1. The summed E-state index contributed by atoms with van der Waals surface area (Å²) in [5, 5.41) is 8.81. The molecule has 0 aliphatic carbocycles. The van der Waals surface area contributed by atoms with Crippen LogP contribution in [-0.2, 0) is 0 Å². The lowest BCUT2D eigenvalue weighted by molar-refractivity contribution is 0.0935. The highest BCUT2D eigenvalue weighted by atomic mass is 32.1. The van der Waals surface area contributed by atoms with Gasteiger partial charge in [-0.3, -0.25) is 9.78 Å². The van der Waals surface area contributed by atoms with Crippen molar-refractivity contribution >= 4 is 29.0 Å². The average Bonchev–Trinajstić information content (AvgIpc) is 3.00. The number of urea groups is 1. The van der Waals surface area contributed by atoms with E-state index in [0.717, 1.165) is 36.4 Å². The van der Waals surface area contributed by atoms with Gasteiger partial charge in [0.1, 0.15) is 4.88 Å². The molecular formula is C16H19N5O2S. The minimum absolute atomic E-state index is 0.0941. The Morgan fingerprint density at radius 2 is 2.29 bits per heavy atom. The van der Waals surface area contributed by atoms with E-state index in [1.165, 1.54) is 11.3 Å². The Hall–Kier alpha value is -2.45. The lowest BCUT2D eigenvalue weighted by Gasteiger charge is -2.23. The number of pyridine rings is 1. The number of amides is 3. The van der Waals surface area contributed by atoms with Crippen LogP contribution in [0.4, 0.5) is 10.5 Å². The number of nitrogens with one attached hydrogen (secondary N) is 3. The van der Waals surface area contributed by atoms with Crippen molar-refractivity contribution in [3.63, 3.8) is 0 Å². The molecule has 7 nitrogen and oxygen atoms in total. The highest BCUT2D eigenvalue weighted by Crippen LogP contribution is 2.34. The standard InChI is InChI=1S/C16H19N5O2S/c17-16(23)21-12-7-13(10-3-1-5-18-8-10)24-14(12)15(22)20-11-4-2-6-19-9-11/h1,3,5,7-8,11,19H,2,4,6,9H2,(H,20,22)(H3,17,21,23)/t11-/m0/s1. The van der Waals surface area contributed by atoms with Gasteiger partial charge in [-0.2, -0.15) is 0 Å². The number of hydrogen-bond donors (Lipinski definition) is 4. The Balaban J connectivity index is 1.85. The number of rotatable bonds is 4. The zero-order valence-electron chi connectivity index (χ0n) is 13.0. The molecule has 1 aliphatic rings. The lowest BCUT2D eigenvalue weighted by Crippen LogP contribution is -2.45. The Kier molecular flexibility index (Phi) is 5.07. The van der Waals surface area contributed by atoms with Crippen LogP contribution in [0.15, 0.2) is 30.6 Å². The normalized spacial score (nSPS) is 17.2. The van der Waals surface area contributed by atoms with Crippen molar-refractivity contribution in [3.05, 3.63) is 35.5 Å². The molecular weight excluding hydrogens is 326 g/mol. The Morgan fingerprint density at radius 3 is 2.96 bits per heavy atom. The molecule has 0 bridgehead atoms. The first-order chi connectivity index (χ1) is 11.6. The maximum absolute atomic E-state index is 12.6. The molecule has 0 radical (unpaired) electrons. The quantitative estimate of drug-likeness (QED) is 0.677. The van der Waals surface area contributed by atoms with E-state index in [1.807, 2.05) is 12.1 Å². The van der Waals surface area contributed by atoms with Gasteiger partial charge in [-0.1, -0.05) is 6.07 Å². The molecule has 8 heteroatoms. The van der Waals surface area contributed by atoms with Crippen LogP contribution in [-0.4, -0.2) is 36.1 Å². The summed E-state index contributed by atoms with van der Waals surface area (Å²) in [6.07, 6.45) is 5.37. The number of anilines is 1. The third-order valence-electron chi connectivity index (χ3n) is 3.77. The minimum Gasteiger partial charge on any atom is -0.351 e. The first kappa shape index (κ1) is 16.4. The molecule has 0 saturated carbocycles. The summed E-state index contributed by atoms with van der Waals surface area (Å²) in [5.41, 5.74) is 6.53. The molecule has 0 spiro atoms. The van der Waals surface area contributed by atoms with Crippen LogP contribution in [0.25, 0.3) is 10.4 Å². The molecule has 1 aliphatic heterocycles. The third-order valence-corrected chi connectivity index (χ3v) is 4.96. The van der Waals surface area contributed by atoms with E-state index in [0.29, 0.717) is 10.6 Å². The number of piperidine rings is 1. The summed E-state index contributed by atoms with van der Waals surface area (Å²) in [5.74, 6) is -0.201. The number of primary amides is 1. The van der Waals surface area contributed by atoms with Gasteiger partial charge >= 0.3 is 6.03 Å². The monoisotopic (exact) mass is 345 g/mol. The molecule has 3 rings (SSSR count). The predicted molar refractivity (Wildman–Crippen MR) is 94.1 cm³/mol. The second-order valence-corrected chi connectivity index (χ2v) is 6.65. The van der Waals surface area contributed by atoms with Crippen LogP contribution in [0.2, 0.25) is 0 Å². The van der Waals surface area contributed by atoms with Crippen LogP contribution in [0, 0.1) is 0 Å². The second kappa shape index (κ2) is 7.41. The van der Waals surface area contributed by atoms with Crippen LogP contribution >= 0.6 is 11.3 Å². The number of nitrogens with zero attached hydrogens (tertiary/aromatic N) is 1. The average molecular weight is 345 g/mol. The Bertz CT molecular complexity index is 725. The molecule has 3 amide bonds. The zero-order valence-corrected chi connectivity index (χ0v) is 13.9. The van der Waals surface area contributed by atoms with E-state index in [1.54, 1.807) is 18.5 Å². The van der Waals surface area contributed by atoms with Crippen molar-refractivity contribution in [3.8, 4) is 10.4 Å². The first-order valence-corrected chi connectivity index (χ1v) is 8.57. The van der Waals surface area contributed by atoms with Gasteiger partial charge < -0.3 is 21.7 Å². The summed E-state index contributed by atoms with van der Waals surface area (Å²) in [6.45, 7) is 1.73. The number of carbonyl (C=O) groups excluding carboxylic acids is 2. The van der Waals surface area contributed by atoms with Gasteiger partial charge in [-0.05, 0) is 31.5 Å². The highest BCUT2D eigenvalue weighted by Gasteiger charge is 2.22. The predicted octanol–water partition coefficient (Wildman–Crippen LogP) is 1.78. The van der Waals surface area contributed by atoms with Gasteiger partial charge in [-0.15, -0.1) is 11.3 Å². The second-order valence-electron chi connectivity index (χ2n) is 5.60. The molecule has 3 heterocycles. The summed E-state index contributed by atoms with van der Waals surface area (Å²) in [7, 11) is 0. The van der Waals surface area contributed by atoms with Crippen molar-refractivity contribution in [2.75, 3.05) is 18.4 Å². The van der Waals surface area contributed by atoms with Crippen molar-refractivity contribution < 1.29 is 9.59 Å². The topological polar surface area (TPSA) is 109 Å². The van der Waals surface area contributed by atoms with E-state index in [9.17, 15) is 9.59 Å². The molecule has 5 N–H and O–H groups in total. The molecule has 0 aromatic carbocycles. The molecule has 1 saturated heterocycles. The van der Waals surface area contributed by atoms with Crippen LogP contribution < -0.4 is 21.7 Å². The molecule has 1 atom stereocenters. The fourth-order valence-electron chi connectivity index (χ4n) is 2.66. The number of aromatic nitrogens is 1. The van der Waals surface area contributed by atoms with Gasteiger partial charge in [0, 0.05) is 35.4 Å². The van der Waals surface area contributed by atoms with Crippen LogP contribution in [0.3, 0.4) is 0 Å². The van der Waals surface area contributed by atoms with Crippen LogP contribution in [0.5, 0.6) is 0 Å². The van der Waals surface area contributed by atoms with Gasteiger partial charge in [0.05, 0.1) is 5.69 Å². The van der Waals surface area contributed by atoms with E-state index < -0.39 is 6.03 Å². The molecule has 126 valence electrons. The number of nitrogens with two attached hydrogens (primary N) is 1. The van der Waals surface area contributed by atoms with E-state index in [4.69, 9.17) is 5.73 Å². The van der Waals surface area contributed by atoms with E-state index >= 15 is 0 Å². The Labute approximate surface area is 143 Å². The number of hydrogen-bond acceptors (Lipinski definition) is 5. The SMILES string of the molecule is NC(=O)Nc1cc(-c2cccnc2)sc1C(=O)N[C@H]1CCCNC1. The summed E-state index contributed by atoms with van der Waals surface area (Å²) in [4.78, 5) is 29.2. The summed E-state index contributed by atoms with van der Waals surface area (Å²) < 4.78 is 0. The maximum atomic E-state index is 12.6. The van der Waals surface area contributed by atoms with Crippen molar-refractivity contribution in [1.82, 2.24) is 15.6 Å². The maximum Gasteiger partial charge on any atom is 0.316 e. The third kappa shape index (κ3) is 3.90. The molecule has 2 aromatic heterocycles. The summed E-state index contributed by atoms with van der Waals surface area (Å²) >= 11 is 1.31. The lowest BCUT2D eigenvalue weighted by atomic mass is 10.1. The smallest absolute Gasteiger partial charge is 0.316 e. The fraction of sp³-hybridized carbons (Fsp3) is 0.312. The van der Waals surface area contributed by atoms with E-state index in [2.05, 4.69) is 20.9 Å². The van der Waals surface area contributed by atoms with Gasteiger partial charge in [-0.25, -0.2) is 4.79 Å². The largest absolute Gasteiger partial charge is 0.351 e. The minimum atomic E-state index is -0.695. The first-order valence-electron chi connectivity index (χ1n) is 7.76. The van der Waals surface area contributed by atoms with E-state index in [-0.39, 0.29) is 11.9 Å². The van der Waals surface area contributed by atoms with Crippen LogP contribution in [0.1, 0.15) is 22.5 Å². The molecule has 0 unspecified atom stereocenters. The van der Waals surface area contributed by atoms with Gasteiger partial charge in [0.2, 0.25) is 0 Å². The number of carbonyl (C=O) groups is 2. The molecule has 24 heavy (non-hydrogen) atoms. The highest BCUT2D eigenvalue weighted by molar-refractivity contribution is 7.18. The molecule has 1 fully saturated rings.